The summed E-state index contributed by atoms with van der Waals surface area (Å²) in [5, 5.41) is 0. The first-order valence-electron chi connectivity index (χ1n) is 4.60. The summed E-state index contributed by atoms with van der Waals surface area (Å²) < 4.78 is 23.6. The Kier molecular flexibility index (Phi) is 3.66. The number of carbonyl (C=O) groups is 1. The summed E-state index contributed by atoms with van der Waals surface area (Å²) in [4.78, 5) is 12.6. The first-order valence-corrected chi connectivity index (χ1v) is 6.25. The molecule has 6 heteroatoms. The molecule has 0 heterocycles. The SMILES string of the molecule is CN(C)CS(=O)(=O)c1cccc(C(N)=O)c1. The standard InChI is InChI=1S/C10H14N2O3S/c1-12(2)7-16(14,15)9-5-3-4-8(6-9)10(11)13/h3-6H,7H2,1-2H3,(H2,11,13). The molecule has 2 N–H and O–H groups in total. The minimum absolute atomic E-state index is 0.102. The number of nitrogens with two attached hydrogens (primary N) is 1. The molecule has 0 atom stereocenters. The van der Waals surface area contributed by atoms with E-state index >= 15 is 0 Å². The fraction of sp³-hybridized carbons (Fsp3) is 0.300. The van der Waals surface area contributed by atoms with E-state index < -0.39 is 15.7 Å². The summed E-state index contributed by atoms with van der Waals surface area (Å²) in [5.74, 6) is -0.739. The van der Waals surface area contributed by atoms with Crippen molar-refractivity contribution < 1.29 is 13.2 Å². The first-order chi connectivity index (χ1) is 7.33. The number of benzene rings is 1. The number of hydrogen-bond donors (Lipinski definition) is 1. The lowest BCUT2D eigenvalue weighted by Gasteiger charge is -2.10. The quantitative estimate of drug-likeness (QED) is 0.810. The highest BCUT2D eigenvalue weighted by atomic mass is 32.2. The highest BCUT2D eigenvalue weighted by Gasteiger charge is 2.16. The fourth-order valence-corrected chi connectivity index (χ4v) is 2.68. The van der Waals surface area contributed by atoms with E-state index in [1.165, 1.54) is 24.3 Å². The monoisotopic (exact) mass is 242 g/mol. The highest BCUT2D eigenvalue weighted by Crippen LogP contribution is 2.13. The van der Waals surface area contributed by atoms with E-state index in [1.807, 2.05) is 0 Å². The highest BCUT2D eigenvalue weighted by molar-refractivity contribution is 7.91. The molecule has 0 saturated carbocycles. The van der Waals surface area contributed by atoms with Crippen LogP contribution in [0.15, 0.2) is 29.2 Å². The molecule has 0 fully saturated rings. The third-order valence-electron chi connectivity index (χ3n) is 1.91. The molecule has 0 bridgehead atoms. The molecule has 0 aromatic heterocycles. The average molecular weight is 242 g/mol. The van der Waals surface area contributed by atoms with Gasteiger partial charge in [0.25, 0.3) is 0 Å². The van der Waals surface area contributed by atoms with Crippen molar-refractivity contribution in [1.82, 2.24) is 4.90 Å². The van der Waals surface area contributed by atoms with Crippen molar-refractivity contribution in [2.45, 2.75) is 4.90 Å². The minimum Gasteiger partial charge on any atom is -0.366 e. The van der Waals surface area contributed by atoms with Crippen molar-refractivity contribution in [3.8, 4) is 0 Å². The smallest absolute Gasteiger partial charge is 0.248 e. The van der Waals surface area contributed by atoms with E-state index in [2.05, 4.69) is 0 Å². The van der Waals surface area contributed by atoms with Crippen molar-refractivity contribution in [2.75, 3.05) is 20.0 Å². The predicted octanol–water partition coefficient (Wildman–Crippen LogP) is 0.0783. The van der Waals surface area contributed by atoms with Gasteiger partial charge >= 0.3 is 0 Å². The van der Waals surface area contributed by atoms with Gasteiger partial charge < -0.3 is 5.73 Å². The van der Waals surface area contributed by atoms with E-state index in [9.17, 15) is 13.2 Å². The molecule has 88 valence electrons. The van der Waals surface area contributed by atoms with Crippen LogP contribution in [0, 0.1) is 0 Å². The summed E-state index contributed by atoms with van der Waals surface area (Å²) in [7, 11) is -0.0730. The van der Waals surface area contributed by atoms with Gasteiger partial charge in [0.15, 0.2) is 9.84 Å². The number of sulfone groups is 1. The van der Waals surface area contributed by atoms with Crippen molar-refractivity contribution in [1.29, 1.82) is 0 Å². The van der Waals surface area contributed by atoms with E-state index in [4.69, 9.17) is 5.73 Å². The minimum atomic E-state index is -3.40. The fourth-order valence-electron chi connectivity index (χ4n) is 1.26. The second-order valence-corrected chi connectivity index (χ2v) is 5.67. The molecule has 0 aliphatic heterocycles. The molecule has 1 rings (SSSR count). The first kappa shape index (κ1) is 12.7. The Hall–Kier alpha value is -1.40. The van der Waals surface area contributed by atoms with Crippen LogP contribution in [0.1, 0.15) is 10.4 Å². The van der Waals surface area contributed by atoms with Gasteiger partial charge in [0.1, 0.15) is 5.88 Å². The van der Waals surface area contributed by atoms with E-state index in [0.29, 0.717) is 0 Å². The van der Waals surface area contributed by atoms with E-state index in [0.717, 1.165) is 0 Å². The summed E-state index contributed by atoms with van der Waals surface area (Å²) in [6.45, 7) is 0. The van der Waals surface area contributed by atoms with Crippen LogP contribution < -0.4 is 5.73 Å². The maximum atomic E-state index is 11.8. The zero-order chi connectivity index (χ0) is 12.3. The zero-order valence-corrected chi connectivity index (χ0v) is 9.99. The number of primary amides is 1. The number of amides is 1. The summed E-state index contributed by atoms with van der Waals surface area (Å²) in [5.41, 5.74) is 5.28. The molecule has 0 aliphatic carbocycles. The summed E-state index contributed by atoms with van der Waals surface area (Å²) in [6.07, 6.45) is 0. The van der Waals surface area contributed by atoms with Crippen molar-refractivity contribution in [3.63, 3.8) is 0 Å². The van der Waals surface area contributed by atoms with Crippen LogP contribution in [-0.4, -0.2) is 39.2 Å². The normalized spacial score (nSPS) is 11.7. The van der Waals surface area contributed by atoms with E-state index in [-0.39, 0.29) is 16.3 Å². The van der Waals surface area contributed by atoms with Gasteiger partial charge in [-0.2, -0.15) is 0 Å². The molecule has 0 aliphatic rings. The van der Waals surface area contributed by atoms with Crippen LogP contribution in [0.25, 0.3) is 0 Å². The molecule has 0 radical (unpaired) electrons. The van der Waals surface area contributed by atoms with Crippen molar-refractivity contribution in [3.05, 3.63) is 29.8 Å². The number of carbonyl (C=O) groups excluding carboxylic acids is 1. The van der Waals surface area contributed by atoms with Crippen LogP contribution in [0.5, 0.6) is 0 Å². The Balaban J connectivity index is 3.14. The lowest BCUT2D eigenvalue weighted by atomic mass is 10.2. The van der Waals surface area contributed by atoms with Gasteiger partial charge in [-0.25, -0.2) is 8.42 Å². The van der Waals surface area contributed by atoms with Crippen LogP contribution >= 0.6 is 0 Å². The van der Waals surface area contributed by atoms with Crippen LogP contribution in [-0.2, 0) is 9.84 Å². The van der Waals surface area contributed by atoms with Crippen molar-refractivity contribution >= 4 is 15.7 Å². The second kappa shape index (κ2) is 4.63. The third kappa shape index (κ3) is 3.04. The van der Waals surface area contributed by atoms with Gasteiger partial charge in [0.05, 0.1) is 4.90 Å². The Morgan fingerprint density at radius 2 is 2.00 bits per heavy atom. The van der Waals surface area contributed by atoms with Gasteiger partial charge in [-0.05, 0) is 32.3 Å². The maximum Gasteiger partial charge on any atom is 0.248 e. The lowest BCUT2D eigenvalue weighted by Crippen LogP contribution is -2.22. The Bertz CT molecular complexity index is 495. The molecular weight excluding hydrogens is 228 g/mol. The molecule has 16 heavy (non-hydrogen) atoms. The zero-order valence-electron chi connectivity index (χ0n) is 9.17. The summed E-state index contributed by atoms with van der Waals surface area (Å²) >= 11 is 0. The van der Waals surface area contributed by atoms with Crippen molar-refractivity contribution in [2.24, 2.45) is 5.73 Å². The topological polar surface area (TPSA) is 80.5 Å². The number of rotatable bonds is 4. The van der Waals surface area contributed by atoms with Gasteiger partial charge in [-0.3, -0.25) is 9.69 Å². The van der Waals surface area contributed by atoms with Gasteiger partial charge in [-0.15, -0.1) is 0 Å². The van der Waals surface area contributed by atoms with Gasteiger partial charge in [0, 0.05) is 5.56 Å². The Morgan fingerprint density at radius 1 is 1.38 bits per heavy atom. The molecule has 0 saturated heterocycles. The molecule has 1 amide bonds. The predicted molar refractivity (Wildman–Crippen MR) is 60.7 cm³/mol. The molecule has 1 aromatic rings. The molecule has 0 spiro atoms. The van der Waals surface area contributed by atoms with Gasteiger partial charge in [0.2, 0.25) is 5.91 Å². The largest absolute Gasteiger partial charge is 0.366 e. The average Bonchev–Trinajstić information content (AvgIpc) is 2.16. The molecule has 0 unspecified atom stereocenters. The summed E-state index contributed by atoms with van der Waals surface area (Å²) in [6, 6.07) is 5.73. The number of nitrogens with zero attached hydrogens (tertiary/aromatic N) is 1. The number of hydrogen-bond acceptors (Lipinski definition) is 4. The third-order valence-corrected chi connectivity index (χ3v) is 3.73. The van der Waals surface area contributed by atoms with Crippen LogP contribution in [0.3, 0.4) is 0 Å². The molecule has 1 aromatic carbocycles. The van der Waals surface area contributed by atoms with Crippen LogP contribution in [0.2, 0.25) is 0 Å². The second-order valence-electron chi connectivity index (χ2n) is 3.72. The maximum absolute atomic E-state index is 11.8. The van der Waals surface area contributed by atoms with Gasteiger partial charge in [-0.1, -0.05) is 6.07 Å². The Labute approximate surface area is 94.8 Å². The molecular formula is C10H14N2O3S. The van der Waals surface area contributed by atoms with Crippen LogP contribution in [0.4, 0.5) is 0 Å². The van der Waals surface area contributed by atoms with E-state index in [1.54, 1.807) is 19.0 Å². The lowest BCUT2D eigenvalue weighted by molar-refractivity contribution is 0.1000. The molecule has 5 nitrogen and oxygen atoms in total. The Morgan fingerprint density at radius 3 is 2.50 bits per heavy atom.